The van der Waals surface area contributed by atoms with E-state index < -0.39 is 5.60 Å². The lowest BCUT2D eigenvalue weighted by Gasteiger charge is -2.20. The molecular weight excluding hydrogens is 278 g/mol. The molecule has 7 heteroatoms. The van der Waals surface area contributed by atoms with Gasteiger partial charge in [-0.25, -0.2) is 0 Å². The zero-order valence-electron chi connectivity index (χ0n) is 11.7. The molecule has 0 radical (unpaired) electrons. The molecule has 1 aliphatic heterocycles. The first-order chi connectivity index (χ1) is 9.42. The minimum atomic E-state index is -1.05. The first-order valence-electron chi connectivity index (χ1n) is 6.20. The molecule has 0 bridgehead atoms. The number of carbonyl (C=O) groups excluding carboxylic acids is 2. The smallest absolute Gasteiger partial charge is 0.267 e. The van der Waals surface area contributed by atoms with Gasteiger partial charge in [-0.1, -0.05) is 11.2 Å². The van der Waals surface area contributed by atoms with Gasteiger partial charge in [0, 0.05) is 20.5 Å². The van der Waals surface area contributed by atoms with Crippen LogP contribution >= 0.6 is 11.3 Å². The summed E-state index contributed by atoms with van der Waals surface area (Å²) in [6, 6.07) is 3.86. The van der Waals surface area contributed by atoms with Gasteiger partial charge in [0.05, 0.1) is 11.4 Å². The van der Waals surface area contributed by atoms with Crippen LogP contribution in [0.3, 0.4) is 0 Å². The van der Waals surface area contributed by atoms with Gasteiger partial charge in [0.25, 0.3) is 5.91 Å². The molecular formula is C13H17N3O3S. The monoisotopic (exact) mass is 295 g/mol. The second-order valence-electron chi connectivity index (χ2n) is 4.99. The molecule has 1 aromatic heterocycles. The third kappa shape index (κ3) is 2.98. The Balaban J connectivity index is 1.93. The van der Waals surface area contributed by atoms with E-state index in [2.05, 4.69) is 10.5 Å². The number of nitrogens with zero attached hydrogens (tertiary/aromatic N) is 2. The lowest BCUT2D eigenvalue weighted by atomic mass is 9.98. The molecule has 0 aliphatic carbocycles. The van der Waals surface area contributed by atoms with Crippen LogP contribution in [-0.4, -0.2) is 48.7 Å². The molecule has 1 N–H and O–H groups in total. The minimum Gasteiger partial charge on any atom is -0.379 e. The molecule has 20 heavy (non-hydrogen) atoms. The lowest BCUT2D eigenvalue weighted by molar-refractivity contribution is -0.143. The largest absolute Gasteiger partial charge is 0.379 e. The Labute approximate surface area is 121 Å². The topological polar surface area (TPSA) is 71.0 Å². The van der Waals surface area contributed by atoms with E-state index in [0.29, 0.717) is 6.42 Å². The summed E-state index contributed by atoms with van der Waals surface area (Å²) in [5.74, 6) is -0.498. The van der Waals surface area contributed by atoms with E-state index in [1.165, 1.54) is 4.90 Å². The molecule has 108 valence electrons. The summed E-state index contributed by atoms with van der Waals surface area (Å²) >= 11 is 1.55. The highest BCUT2D eigenvalue weighted by Gasteiger charge is 2.42. The van der Waals surface area contributed by atoms with Crippen LogP contribution in [-0.2, 0) is 14.4 Å². The number of nitrogens with one attached hydrogen (secondary N) is 1. The fraction of sp³-hybridized carbons (Fsp3) is 0.462. The number of rotatable bonds is 4. The first-order valence-corrected chi connectivity index (χ1v) is 7.08. The van der Waals surface area contributed by atoms with Gasteiger partial charge in [0.15, 0.2) is 0 Å². The zero-order valence-corrected chi connectivity index (χ0v) is 12.5. The number of likely N-dealkylation sites (N-methyl/N-ethyl adjacent to an activating group) is 1. The molecule has 0 saturated heterocycles. The van der Waals surface area contributed by atoms with Crippen LogP contribution in [0, 0.1) is 0 Å². The van der Waals surface area contributed by atoms with Gasteiger partial charge >= 0.3 is 0 Å². The van der Waals surface area contributed by atoms with E-state index in [1.54, 1.807) is 32.4 Å². The second kappa shape index (κ2) is 5.62. The molecule has 1 unspecified atom stereocenters. The molecule has 2 amide bonds. The van der Waals surface area contributed by atoms with Gasteiger partial charge in [-0.15, -0.1) is 11.3 Å². The minimum absolute atomic E-state index is 0.0425. The van der Waals surface area contributed by atoms with Crippen molar-refractivity contribution < 1.29 is 14.4 Å². The van der Waals surface area contributed by atoms with Crippen LogP contribution in [0.25, 0.3) is 0 Å². The molecule has 2 heterocycles. The third-order valence-corrected chi connectivity index (χ3v) is 3.97. The standard InChI is InChI=1S/C13H17N3O3S/c1-13(12(18)14-8-11(17)16(2)3)7-9(15-19-13)10-5-4-6-20-10/h4-6H,7-8H2,1-3H3,(H,14,18). The number of thiophene rings is 1. The number of hydrogen-bond donors (Lipinski definition) is 1. The fourth-order valence-electron chi connectivity index (χ4n) is 1.74. The maximum atomic E-state index is 12.1. The van der Waals surface area contributed by atoms with Crippen LogP contribution < -0.4 is 5.32 Å². The summed E-state index contributed by atoms with van der Waals surface area (Å²) in [5, 5.41) is 8.52. The Morgan fingerprint density at radius 3 is 2.90 bits per heavy atom. The van der Waals surface area contributed by atoms with Gasteiger partial charge in [-0.2, -0.15) is 0 Å². The van der Waals surface area contributed by atoms with E-state index in [9.17, 15) is 9.59 Å². The summed E-state index contributed by atoms with van der Waals surface area (Å²) in [7, 11) is 3.28. The summed E-state index contributed by atoms with van der Waals surface area (Å²) in [4.78, 5) is 31.3. The number of amides is 2. The molecule has 0 aromatic carbocycles. The first kappa shape index (κ1) is 14.5. The maximum absolute atomic E-state index is 12.1. The van der Waals surface area contributed by atoms with E-state index in [4.69, 9.17) is 4.84 Å². The van der Waals surface area contributed by atoms with Crippen molar-refractivity contribution >= 4 is 28.9 Å². The number of oxime groups is 1. The quantitative estimate of drug-likeness (QED) is 0.894. The van der Waals surface area contributed by atoms with Crippen LogP contribution in [0.1, 0.15) is 18.2 Å². The molecule has 0 fully saturated rings. The lowest BCUT2D eigenvalue weighted by Crippen LogP contribution is -2.47. The van der Waals surface area contributed by atoms with Crippen molar-refractivity contribution in [3.05, 3.63) is 22.4 Å². The van der Waals surface area contributed by atoms with Crippen molar-refractivity contribution in [3.8, 4) is 0 Å². The SMILES string of the molecule is CN(C)C(=O)CNC(=O)C1(C)CC(c2cccs2)=NO1. The van der Waals surface area contributed by atoms with Gasteiger partial charge in [0.1, 0.15) is 5.71 Å². The maximum Gasteiger partial charge on any atom is 0.267 e. The molecule has 2 rings (SSSR count). The van der Waals surface area contributed by atoms with E-state index in [0.717, 1.165) is 10.6 Å². The van der Waals surface area contributed by atoms with Gasteiger partial charge in [-0.3, -0.25) is 9.59 Å². The average Bonchev–Trinajstić information content (AvgIpc) is 3.04. The van der Waals surface area contributed by atoms with Crippen molar-refractivity contribution in [1.29, 1.82) is 0 Å². The zero-order chi connectivity index (χ0) is 14.8. The third-order valence-electron chi connectivity index (χ3n) is 3.05. The Kier molecular flexibility index (Phi) is 4.08. The van der Waals surface area contributed by atoms with Crippen LogP contribution in [0.2, 0.25) is 0 Å². The highest BCUT2D eigenvalue weighted by Crippen LogP contribution is 2.28. The normalized spacial score (nSPS) is 21.1. The van der Waals surface area contributed by atoms with Crippen molar-refractivity contribution in [2.45, 2.75) is 18.9 Å². The summed E-state index contributed by atoms with van der Waals surface area (Å²) < 4.78 is 0. The molecule has 0 saturated carbocycles. The average molecular weight is 295 g/mol. The van der Waals surface area contributed by atoms with Crippen LogP contribution in [0.4, 0.5) is 0 Å². The Bertz CT molecular complexity index is 539. The second-order valence-corrected chi connectivity index (χ2v) is 5.93. The fourth-order valence-corrected chi connectivity index (χ4v) is 2.44. The van der Waals surface area contributed by atoms with Crippen molar-refractivity contribution in [2.24, 2.45) is 5.16 Å². The summed E-state index contributed by atoms with van der Waals surface area (Å²) in [5.41, 5.74) is -0.289. The highest BCUT2D eigenvalue weighted by molar-refractivity contribution is 7.12. The van der Waals surface area contributed by atoms with E-state index in [-0.39, 0.29) is 18.4 Å². The highest BCUT2D eigenvalue weighted by atomic mass is 32.1. The molecule has 1 aromatic rings. The molecule has 0 spiro atoms. The molecule has 1 aliphatic rings. The van der Waals surface area contributed by atoms with Crippen LogP contribution in [0.5, 0.6) is 0 Å². The predicted molar refractivity (Wildman–Crippen MR) is 76.7 cm³/mol. The summed E-state index contributed by atoms with van der Waals surface area (Å²) in [6.07, 6.45) is 0.398. The Morgan fingerprint density at radius 1 is 1.55 bits per heavy atom. The Hall–Kier alpha value is -1.89. The molecule has 6 nitrogen and oxygen atoms in total. The van der Waals surface area contributed by atoms with Crippen molar-refractivity contribution in [2.75, 3.05) is 20.6 Å². The van der Waals surface area contributed by atoms with Crippen molar-refractivity contribution in [1.82, 2.24) is 10.2 Å². The van der Waals surface area contributed by atoms with E-state index in [1.807, 2.05) is 17.5 Å². The van der Waals surface area contributed by atoms with Crippen molar-refractivity contribution in [3.63, 3.8) is 0 Å². The Morgan fingerprint density at radius 2 is 2.30 bits per heavy atom. The van der Waals surface area contributed by atoms with Crippen LogP contribution in [0.15, 0.2) is 22.7 Å². The number of carbonyl (C=O) groups is 2. The van der Waals surface area contributed by atoms with Gasteiger partial charge in [0.2, 0.25) is 11.5 Å². The molecule has 1 atom stereocenters. The van der Waals surface area contributed by atoms with E-state index >= 15 is 0 Å². The summed E-state index contributed by atoms with van der Waals surface area (Å²) in [6.45, 7) is 1.63. The van der Waals surface area contributed by atoms with Gasteiger partial charge < -0.3 is 15.1 Å². The predicted octanol–water partition coefficient (Wildman–Crippen LogP) is 0.836. The van der Waals surface area contributed by atoms with Gasteiger partial charge in [-0.05, 0) is 18.4 Å². The number of hydrogen-bond acceptors (Lipinski definition) is 5.